The van der Waals surface area contributed by atoms with Gasteiger partial charge in [-0.3, -0.25) is 14.5 Å². The molecule has 1 unspecified atom stereocenters. The summed E-state index contributed by atoms with van der Waals surface area (Å²) in [6.07, 6.45) is 0. The molecule has 1 heterocycles. The van der Waals surface area contributed by atoms with Gasteiger partial charge in [0.15, 0.2) is 0 Å². The van der Waals surface area contributed by atoms with E-state index in [-0.39, 0.29) is 34.9 Å². The van der Waals surface area contributed by atoms with E-state index in [0.29, 0.717) is 29.4 Å². The summed E-state index contributed by atoms with van der Waals surface area (Å²) < 4.78 is 10.8. The number of nitrogens with zero attached hydrogens (tertiary/aromatic N) is 1. The molecule has 1 aliphatic heterocycles. The molecule has 0 saturated carbocycles. The lowest BCUT2D eigenvalue weighted by Gasteiger charge is -2.25. The fraction of sp³-hybridized carbons (Fsp3) is 0.233. The van der Waals surface area contributed by atoms with Crippen molar-refractivity contribution in [2.45, 2.75) is 26.8 Å². The van der Waals surface area contributed by atoms with Gasteiger partial charge in [-0.2, -0.15) is 0 Å². The van der Waals surface area contributed by atoms with E-state index in [1.165, 1.54) is 23.1 Å². The Morgan fingerprint density at radius 3 is 2.29 bits per heavy atom. The second kappa shape index (κ2) is 11.2. The fourth-order valence-corrected chi connectivity index (χ4v) is 4.20. The Morgan fingerprint density at radius 1 is 0.974 bits per heavy atom. The third-order valence-corrected chi connectivity index (χ3v) is 6.00. The van der Waals surface area contributed by atoms with E-state index in [1.807, 2.05) is 13.8 Å². The molecular weight excluding hydrogens is 486 g/mol. The van der Waals surface area contributed by atoms with Gasteiger partial charge in [-0.05, 0) is 73.0 Å². The zero-order valence-electron chi connectivity index (χ0n) is 21.4. The van der Waals surface area contributed by atoms with Gasteiger partial charge in [-0.25, -0.2) is 4.79 Å². The van der Waals surface area contributed by atoms with Crippen LogP contribution in [0.3, 0.4) is 0 Å². The highest BCUT2D eigenvalue weighted by Gasteiger charge is 2.47. The average molecular weight is 516 g/mol. The lowest BCUT2D eigenvalue weighted by atomic mass is 9.95. The molecule has 8 heteroatoms. The predicted molar refractivity (Wildman–Crippen MR) is 142 cm³/mol. The molecule has 4 rings (SSSR count). The number of aliphatic hydroxyl groups excluding tert-OH is 1. The highest BCUT2D eigenvalue weighted by Crippen LogP contribution is 2.42. The molecule has 196 valence electrons. The molecule has 1 saturated heterocycles. The van der Waals surface area contributed by atoms with E-state index in [2.05, 4.69) is 0 Å². The third-order valence-electron chi connectivity index (χ3n) is 6.00. The van der Waals surface area contributed by atoms with Gasteiger partial charge in [0.1, 0.15) is 17.3 Å². The maximum absolute atomic E-state index is 13.4. The number of ether oxygens (including phenoxy) is 2. The number of rotatable bonds is 8. The van der Waals surface area contributed by atoms with E-state index < -0.39 is 23.7 Å². The highest BCUT2D eigenvalue weighted by molar-refractivity contribution is 6.51. The van der Waals surface area contributed by atoms with Crippen LogP contribution < -0.4 is 9.64 Å². The molecule has 1 aliphatic rings. The van der Waals surface area contributed by atoms with E-state index in [0.717, 1.165) is 0 Å². The smallest absolute Gasteiger partial charge is 0.338 e. The topological polar surface area (TPSA) is 113 Å². The summed E-state index contributed by atoms with van der Waals surface area (Å²) in [5.41, 5.74) is 1.21. The van der Waals surface area contributed by atoms with Crippen molar-refractivity contribution in [1.29, 1.82) is 0 Å². The Kier molecular flexibility index (Phi) is 7.81. The number of carbonyl (C=O) groups excluding carboxylic acids is 3. The minimum Gasteiger partial charge on any atom is -0.508 e. The Labute approximate surface area is 220 Å². The number of amides is 1. The van der Waals surface area contributed by atoms with Crippen LogP contribution in [0.5, 0.6) is 11.5 Å². The predicted octanol–water partition coefficient (Wildman–Crippen LogP) is 5.23. The molecule has 0 spiro atoms. The maximum atomic E-state index is 13.4. The summed E-state index contributed by atoms with van der Waals surface area (Å²) in [6, 6.07) is 17.8. The van der Waals surface area contributed by atoms with Crippen LogP contribution in [-0.4, -0.2) is 41.1 Å². The monoisotopic (exact) mass is 515 g/mol. The van der Waals surface area contributed by atoms with E-state index >= 15 is 0 Å². The van der Waals surface area contributed by atoms with Crippen molar-refractivity contribution in [1.82, 2.24) is 0 Å². The molecule has 1 atom stereocenters. The summed E-state index contributed by atoms with van der Waals surface area (Å²) in [5, 5.41) is 21.1. The van der Waals surface area contributed by atoms with Gasteiger partial charge in [0.25, 0.3) is 11.7 Å². The molecular formula is C30H29NO7. The molecule has 1 fully saturated rings. The van der Waals surface area contributed by atoms with Crippen LogP contribution in [0.15, 0.2) is 78.4 Å². The van der Waals surface area contributed by atoms with Crippen molar-refractivity contribution >= 4 is 29.1 Å². The number of esters is 1. The third kappa shape index (κ3) is 5.39. The zero-order chi connectivity index (χ0) is 27.4. The van der Waals surface area contributed by atoms with Crippen molar-refractivity contribution in [2.75, 3.05) is 18.1 Å². The Bertz CT molecular complexity index is 1370. The van der Waals surface area contributed by atoms with Gasteiger partial charge in [0, 0.05) is 11.3 Å². The van der Waals surface area contributed by atoms with Gasteiger partial charge in [0.05, 0.1) is 30.4 Å². The number of phenols is 1. The number of aliphatic hydroxyl groups is 1. The fourth-order valence-electron chi connectivity index (χ4n) is 4.20. The molecule has 1 amide bonds. The first-order valence-electron chi connectivity index (χ1n) is 12.3. The van der Waals surface area contributed by atoms with Crippen LogP contribution in [0.2, 0.25) is 0 Å². The number of anilines is 1. The van der Waals surface area contributed by atoms with Crippen LogP contribution in [0.1, 0.15) is 48.3 Å². The molecule has 0 aliphatic carbocycles. The highest BCUT2D eigenvalue weighted by atomic mass is 16.5. The minimum atomic E-state index is -1.01. The summed E-state index contributed by atoms with van der Waals surface area (Å²) in [7, 11) is 0. The molecule has 3 aromatic rings. The summed E-state index contributed by atoms with van der Waals surface area (Å²) in [4.78, 5) is 40.3. The lowest BCUT2D eigenvalue weighted by molar-refractivity contribution is -0.132. The van der Waals surface area contributed by atoms with E-state index in [4.69, 9.17) is 9.47 Å². The van der Waals surface area contributed by atoms with Crippen LogP contribution in [-0.2, 0) is 14.3 Å². The normalized spacial score (nSPS) is 16.6. The van der Waals surface area contributed by atoms with Gasteiger partial charge in [-0.15, -0.1) is 0 Å². The molecule has 3 aromatic carbocycles. The average Bonchev–Trinajstić information content (AvgIpc) is 3.18. The quantitative estimate of drug-likeness (QED) is 0.183. The maximum Gasteiger partial charge on any atom is 0.338 e. The largest absolute Gasteiger partial charge is 0.508 e. The van der Waals surface area contributed by atoms with E-state index in [9.17, 15) is 24.6 Å². The van der Waals surface area contributed by atoms with Crippen molar-refractivity contribution in [2.24, 2.45) is 5.92 Å². The molecule has 0 bridgehead atoms. The summed E-state index contributed by atoms with van der Waals surface area (Å²) >= 11 is 0. The number of hydrogen-bond acceptors (Lipinski definition) is 7. The van der Waals surface area contributed by atoms with E-state index in [1.54, 1.807) is 61.5 Å². The van der Waals surface area contributed by atoms with Crippen molar-refractivity contribution in [3.05, 3.63) is 95.1 Å². The molecule has 38 heavy (non-hydrogen) atoms. The first-order valence-corrected chi connectivity index (χ1v) is 12.3. The summed E-state index contributed by atoms with van der Waals surface area (Å²) in [5.74, 6) is -1.68. The first kappa shape index (κ1) is 26.5. The molecule has 2 N–H and O–H groups in total. The number of phenolic OH excluding ortho intramolecular Hbond substituents is 1. The van der Waals surface area contributed by atoms with Crippen molar-refractivity contribution in [3.63, 3.8) is 0 Å². The zero-order valence-corrected chi connectivity index (χ0v) is 21.4. The first-order chi connectivity index (χ1) is 18.2. The van der Waals surface area contributed by atoms with Gasteiger partial charge >= 0.3 is 5.97 Å². The van der Waals surface area contributed by atoms with Crippen LogP contribution in [0.25, 0.3) is 5.76 Å². The molecule has 8 nitrogen and oxygen atoms in total. The second-order valence-corrected chi connectivity index (χ2v) is 9.26. The number of ketones is 1. The lowest BCUT2D eigenvalue weighted by Crippen LogP contribution is -2.29. The van der Waals surface area contributed by atoms with Crippen LogP contribution >= 0.6 is 0 Å². The Morgan fingerprint density at radius 2 is 1.66 bits per heavy atom. The second-order valence-electron chi connectivity index (χ2n) is 9.26. The van der Waals surface area contributed by atoms with Crippen LogP contribution in [0.4, 0.5) is 5.69 Å². The van der Waals surface area contributed by atoms with Gasteiger partial charge < -0.3 is 19.7 Å². The SMILES string of the molecule is CCOC(=O)c1cccc(N2C(=O)C(=O)/C(=C(/O)c3ccc(OCC(C)C)cc3)C2c2ccc(O)cc2)c1. The minimum absolute atomic E-state index is 0.00648. The standard InChI is InChI=1S/C30H29NO7/c1-4-37-30(36)21-6-5-7-22(16-21)31-26(19-8-12-23(32)13-9-19)25(28(34)29(31)35)27(33)20-10-14-24(15-11-20)38-17-18(2)3/h5-16,18,26,32-33H,4,17H2,1-3H3/b27-25+. The van der Waals surface area contributed by atoms with Crippen molar-refractivity contribution in [3.8, 4) is 11.5 Å². The summed E-state index contributed by atoms with van der Waals surface area (Å²) in [6.45, 7) is 6.47. The van der Waals surface area contributed by atoms with Gasteiger partial charge in [0.2, 0.25) is 0 Å². The van der Waals surface area contributed by atoms with Crippen molar-refractivity contribution < 1.29 is 34.1 Å². The van der Waals surface area contributed by atoms with Gasteiger partial charge in [-0.1, -0.05) is 32.0 Å². The number of carbonyl (C=O) groups is 3. The Balaban J connectivity index is 1.81. The number of hydrogen-bond donors (Lipinski definition) is 2. The molecule has 0 radical (unpaired) electrons. The Hall–Kier alpha value is -4.59. The number of aromatic hydroxyl groups is 1. The molecule has 0 aromatic heterocycles. The van der Waals surface area contributed by atoms with Crippen LogP contribution in [0, 0.1) is 5.92 Å². The number of Topliss-reactive ketones (excluding diaryl/α,β-unsaturated/α-hetero) is 1. The number of benzene rings is 3.